The summed E-state index contributed by atoms with van der Waals surface area (Å²) in [6.07, 6.45) is 5.86. The van der Waals surface area contributed by atoms with E-state index in [0.717, 1.165) is 31.8 Å². The Hall–Kier alpha value is -1.00. The zero-order valence-electron chi connectivity index (χ0n) is 10.3. The van der Waals surface area contributed by atoms with E-state index >= 15 is 0 Å². The van der Waals surface area contributed by atoms with E-state index in [1.54, 1.807) is 12.4 Å². The molecular weight excluding hydrogens is 200 g/mol. The molecule has 2 N–H and O–H groups in total. The van der Waals surface area contributed by atoms with Crippen molar-refractivity contribution in [3.63, 3.8) is 0 Å². The molecule has 4 heteroatoms. The molecule has 0 aliphatic rings. The Morgan fingerprint density at radius 1 is 1.25 bits per heavy atom. The first-order valence-corrected chi connectivity index (χ1v) is 6.01. The summed E-state index contributed by atoms with van der Waals surface area (Å²) in [4.78, 5) is 10.9. The minimum absolute atomic E-state index is 0.576. The molecule has 0 amide bonds. The van der Waals surface area contributed by atoms with E-state index in [0.29, 0.717) is 12.6 Å². The van der Waals surface area contributed by atoms with E-state index in [1.165, 1.54) is 0 Å². The van der Waals surface area contributed by atoms with Crippen LogP contribution >= 0.6 is 0 Å². The summed E-state index contributed by atoms with van der Waals surface area (Å²) in [6, 6.07) is 2.42. The summed E-state index contributed by atoms with van der Waals surface area (Å²) in [5.41, 5.74) is 5.65. The van der Waals surface area contributed by atoms with E-state index in [9.17, 15) is 0 Å². The van der Waals surface area contributed by atoms with Gasteiger partial charge in [-0.2, -0.15) is 0 Å². The van der Waals surface area contributed by atoms with Gasteiger partial charge in [0, 0.05) is 31.5 Å². The number of nitrogens with zero attached hydrogens (tertiary/aromatic N) is 3. The van der Waals surface area contributed by atoms with Crippen LogP contribution in [0.15, 0.2) is 18.5 Å². The molecule has 1 heterocycles. The highest BCUT2D eigenvalue weighted by atomic mass is 15.2. The molecule has 1 rings (SSSR count). The molecule has 0 aromatic carbocycles. The molecule has 1 aromatic rings. The van der Waals surface area contributed by atoms with Crippen molar-refractivity contribution >= 4 is 0 Å². The molecule has 16 heavy (non-hydrogen) atoms. The van der Waals surface area contributed by atoms with Gasteiger partial charge in [-0.05, 0) is 18.9 Å². The van der Waals surface area contributed by atoms with E-state index in [-0.39, 0.29) is 0 Å². The van der Waals surface area contributed by atoms with Gasteiger partial charge in [-0.3, -0.25) is 4.90 Å². The van der Waals surface area contributed by atoms with Crippen molar-refractivity contribution in [2.45, 2.75) is 39.3 Å². The highest BCUT2D eigenvalue weighted by molar-refractivity contribution is 4.89. The number of rotatable bonds is 7. The van der Waals surface area contributed by atoms with Crippen LogP contribution in [-0.2, 0) is 6.54 Å². The van der Waals surface area contributed by atoms with Gasteiger partial charge in [0.2, 0.25) is 0 Å². The van der Waals surface area contributed by atoms with E-state index < -0.39 is 0 Å². The van der Waals surface area contributed by atoms with Gasteiger partial charge in [-0.15, -0.1) is 0 Å². The lowest BCUT2D eigenvalue weighted by molar-refractivity contribution is 0.178. The molecule has 0 saturated carbocycles. The Kier molecular flexibility index (Phi) is 5.96. The predicted octanol–water partition coefficient (Wildman–Crippen LogP) is 1.43. The van der Waals surface area contributed by atoms with Crippen LogP contribution in [0.1, 0.15) is 32.5 Å². The van der Waals surface area contributed by atoms with Crippen LogP contribution < -0.4 is 5.73 Å². The Labute approximate surface area is 97.9 Å². The van der Waals surface area contributed by atoms with Crippen LogP contribution in [0.3, 0.4) is 0 Å². The van der Waals surface area contributed by atoms with Crippen molar-refractivity contribution < 1.29 is 0 Å². The van der Waals surface area contributed by atoms with E-state index in [2.05, 4.69) is 28.7 Å². The summed E-state index contributed by atoms with van der Waals surface area (Å²) in [5, 5.41) is 0. The zero-order chi connectivity index (χ0) is 11.8. The molecule has 4 nitrogen and oxygen atoms in total. The average Bonchev–Trinajstić information content (AvgIpc) is 2.32. The Morgan fingerprint density at radius 2 is 1.88 bits per heavy atom. The van der Waals surface area contributed by atoms with Crippen LogP contribution in [0.25, 0.3) is 0 Å². The maximum atomic E-state index is 5.65. The first-order valence-electron chi connectivity index (χ1n) is 6.01. The van der Waals surface area contributed by atoms with Gasteiger partial charge >= 0.3 is 0 Å². The van der Waals surface area contributed by atoms with E-state index in [1.807, 2.05) is 6.07 Å². The van der Waals surface area contributed by atoms with Crippen LogP contribution in [0.4, 0.5) is 0 Å². The minimum atomic E-state index is 0.576. The Morgan fingerprint density at radius 3 is 2.38 bits per heavy atom. The van der Waals surface area contributed by atoms with Crippen LogP contribution in [0.5, 0.6) is 0 Å². The van der Waals surface area contributed by atoms with Gasteiger partial charge < -0.3 is 5.73 Å². The van der Waals surface area contributed by atoms with Crippen LogP contribution in [0, 0.1) is 0 Å². The van der Waals surface area contributed by atoms with Crippen LogP contribution in [-0.4, -0.2) is 34.0 Å². The van der Waals surface area contributed by atoms with Crippen molar-refractivity contribution in [3.05, 3.63) is 24.3 Å². The molecule has 0 unspecified atom stereocenters. The molecule has 0 bridgehead atoms. The first kappa shape index (κ1) is 13.1. The fraction of sp³-hybridized carbons (Fsp3) is 0.667. The second kappa shape index (κ2) is 7.30. The third-order valence-corrected chi connectivity index (χ3v) is 2.84. The van der Waals surface area contributed by atoms with Gasteiger partial charge in [0.05, 0.1) is 6.54 Å². The lowest BCUT2D eigenvalue weighted by Crippen LogP contribution is -2.38. The fourth-order valence-corrected chi connectivity index (χ4v) is 1.95. The maximum Gasteiger partial charge on any atom is 0.142 e. The molecule has 0 saturated heterocycles. The topological polar surface area (TPSA) is 55.0 Å². The SMILES string of the molecule is CCC(CC)N(CCN)Cc1ncccn1. The molecular formula is C12H22N4. The molecule has 90 valence electrons. The summed E-state index contributed by atoms with van der Waals surface area (Å²) >= 11 is 0. The van der Waals surface area contributed by atoms with Crippen molar-refractivity contribution in [3.8, 4) is 0 Å². The maximum absolute atomic E-state index is 5.65. The first-order chi connectivity index (χ1) is 7.81. The van der Waals surface area contributed by atoms with Gasteiger partial charge in [0.25, 0.3) is 0 Å². The normalized spacial score (nSPS) is 11.3. The van der Waals surface area contributed by atoms with Crippen molar-refractivity contribution in [1.29, 1.82) is 0 Å². The third kappa shape index (κ3) is 3.87. The second-order valence-corrected chi connectivity index (χ2v) is 3.89. The quantitative estimate of drug-likeness (QED) is 0.758. The number of hydrogen-bond acceptors (Lipinski definition) is 4. The predicted molar refractivity (Wildman–Crippen MR) is 65.9 cm³/mol. The lowest BCUT2D eigenvalue weighted by atomic mass is 10.1. The molecule has 0 radical (unpaired) electrons. The lowest BCUT2D eigenvalue weighted by Gasteiger charge is -2.29. The number of nitrogens with two attached hydrogens (primary N) is 1. The second-order valence-electron chi connectivity index (χ2n) is 3.89. The monoisotopic (exact) mass is 222 g/mol. The van der Waals surface area contributed by atoms with Crippen LogP contribution in [0.2, 0.25) is 0 Å². The summed E-state index contributed by atoms with van der Waals surface area (Å²) in [6.45, 7) is 6.81. The summed E-state index contributed by atoms with van der Waals surface area (Å²) in [5.74, 6) is 0.878. The van der Waals surface area contributed by atoms with Crippen molar-refractivity contribution in [2.75, 3.05) is 13.1 Å². The van der Waals surface area contributed by atoms with Crippen molar-refractivity contribution in [1.82, 2.24) is 14.9 Å². The summed E-state index contributed by atoms with van der Waals surface area (Å²) in [7, 11) is 0. The third-order valence-electron chi connectivity index (χ3n) is 2.84. The van der Waals surface area contributed by atoms with Gasteiger partial charge in [-0.1, -0.05) is 13.8 Å². The fourth-order valence-electron chi connectivity index (χ4n) is 1.95. The zero-order valence-corrected chi connectivity index (χ0v) is 10.3. The molecule has 0 fully saturated rings. The van der Waals surface area contributed by atoms with Gasteiger partial charge in [0.15, 0.2) is 0 Å². The molecule has 0 aliphatic carbocycles. The minimum Gasteiger partial charge on any atom is -0.329 e. The number of hydrogen-bond donors (Lipinski definition) is 1. The Balaban J connectivity index is 2.63. The molecule has 0 spiro atoms. The largest absolute Gasteiger partial charge is 0.329 e. The number of aromatic nitrogens is 2. The summed E-state index contributed by atoms with van der Waals surface area (Å²) < 4.78 is 0. The van der Waals surface area contributed by atoms with E-state index in [4.69, 9.17) is 5.73 Å². The molecule has 0 aliphatic heterocycles. The highest BCUT2D eigenvalue weighted by Crippen LogP contribution is 2.10. The highest BCUT2D eigenvalue weighted by Gasteiger charge is 2.15. The Bertz CT molecular complexity index is 272. The standard InChI is InChI=1S/C12H22N4/c1-3-11(4-2)16(9-6-13)10-12-14-7-5-8-15-12/h5,7-8,11H,3-4,6,9-10,13H2,1-2H3. The van der Waals surface area contributed by atoms with Gasteiger partial charge in [-0.25, -0.2) is 9.97 Å². The molecule has 0 atom stereocenters. The van der Waals surface area contributed by atoms with Gasteiger partial charge in [0.1, 0.15) is 5.82 Å². The average molecular weight is 222 g/mol. The van der Waals surface area contributed by atoms with Crippen molar-refractivity contribution in [2.24, 2.45) is 5.73 Å². The smallest absolute Gasteiger partial charge is 0.142 e. The molecule has 1 aromatic heterocycles.